The lowest BCUT2D eigenvalue weighted by atomic mass is 10.0. The van der Waals surface area contributed by atoms with Gasteiger partial charge in [-0.2, -0.15) is 5.10 Å². The lowest BCUT2D eigenvalue weighted by Crippen LogP contribution is -2.11. The Morgan fingerprint density at radius 1 is 1.33 bits per heavy atom. The van der Waals surface area contributed by atoms with Gasteiger partial charge in [-0.15, -0.1) is 0 Å². The molecule has 0 aliphatic heterocycles. The fourth-order valence-corrected chi connectivity index (χ4v) is 2.09. The Hall–Kier alpha value is -1.65. The Labute approximate surface area is 107 Å². The lowest BCUT2D eigenvalue weighted by Gasteiger charge is -2.16. The van der Waals surface area contributed by atoms with Crippen molar-refractivity contribution in [2.24, 2.45) is 0 Å². The molecule has 0 radical (unpaired) electrons. The Balaban J connectivity index is 2.36. The van der Waals surface area contributed by atoms with Crippen LogP contribution in [-0.2, 0) is 17.9 Å². The van der Waals surface area contributed by atoms with Gasteiger partial charge in [0, 0.05) is 19.9 Å². The van der Waals surface area contributed by atoms with Crippen LogP contribution in [0.25, 0.3) is 0 Å². The molecule has 4 heteroatoms. The minimum atomic E-state index is -0.668. The number of nitrogens with zero attached hydrogens (tertiary/aromatic N) is 2. The predicted octanol–water partition coefficient (Wildman–Crippen LogP) is 2.13. The van der Waals surface area contributed by atoms with Crippen LogP contribution < -0.4 is 0 Å². The van der Waals surface area contributed by atoms with E-state index in [1.165, 1.54) is 0 Å². The summed E-state index contributed by atoms with van der Waals surface area (Å²) in [6.45, 7) is 3.24. The van der Waals surface area contributed by atoms with Crippen molar-refractivity contribution < 1.29 is 9.84 Å². The summed E-state index contributed by atoms with van der Waals surface area (Å²) in [6.07, 6.45) is 1.04. The summed E-state index contributed by atoms with van der Waals surface area (Å²) in [5.41, 5.74) is 2.67. The molecule has 0 saturated carbocycles. The van der Waals surface area contributed by atoms with Crippen LogP contribution >= 0.6 is 0 Å². The zero-order valence-corrected chi connectivity index (χ0v) is 10.7. The Bertz CT molecular complexity index is 508. The maximum atomic E-state index is 10.5. The van der Waals surface area contributed by atoms with Crippen LogP contribution in [0, 0.1) is 0 Å². The van der Waals surface area contributed by atoms with Crippen molar-refractivity contribution in [3.05, 3.63) is 53.3 Å². The van der Waals surface area contributed by atoms with Crippen LogP contribution in [0.4, 0.5) is 0 Å². The molecule has 18 heavy (non-hydrogen) atoms. The van der Waals surface area contributed by atoms with Gasteiger partial charge >= 0.3 is 0 Å². The molecule has 0 spiro atoms. The van der Waals surface area contributed by atoms with Gasteiger partial charge < -0.3 is 9.84 Å². The molecule has 0 fully saturated rings. The zero-order valence-electron chi connectivity index (χ0n) is 10.7. The van der Waals surface area contributed by atoms with E-state index in [0.717, 1.165) is 23.4 Å². The van der Waals surface area contributed by atoms with E-state index >= 15 is 0 Å². The minimum Gasteiger partial charge on any atom is -0.382 e. The van der Waals surface area contributed by atoms with E-state index in [2.05, 4.69) is 5.10 Å². The van der Waals surface area contributed by atoms with E-state index in [4.69, 9.17) is 4.74 Å². The third-order valence-corrected chi connectivity index (χ3v) is 2.98. The van der Waals surface area contributed by atoms with Crippen molar-refractivity contribution >= 4 is 0 Å². The Kier molecular flexibility index (Phi) is 4.12. The van der Waals surface area contributed by atoms with Crippen LogP contribution in [0.1, 0.15) is 29.8 Å². The molecule has 2 aromatic rings. The number of aryl methyl sites for hydroxylation is 1. The highest BCUT2D eigenvalue weighted by Crippen LogP contribution is 2.25. The summed E-state index contributed by atoms with van der Waals surface area (Å²) in [5, 5.41) is 14.7. The molecule has 0 bridgehead atoms. The van der Waals surface area contributed by atoms with E-state index in [0.29, 0.717) is 6.61 Å². The van der Waals surface area contributed by atoms with Crippen molar-refractivity contribution in [3.63, 3.8) is 0 Å². The molecule has 2 rings (SSSR count). The first kappa shape index (κ1) is 12.8. The Morgan fingerprint density at radius 3 is 2.83 bits per heavy atom. The van der Waals surface area contributed by atoms with Gasteiger partial charge in [-0.3, -0.25) is 4.68 Å². The normalized spacial score (nSPS) is 12.6. The van der Waals surface area contributed by atoms with Crippen molar-refractivity contribution in [1.29, 1.82) is 0 Å². The SMILES string of the molecule is CCn1nccc1C(O)c1ccccc1COC. The first-order valence-electron chi connectivity index (χ1n) is 6.04. The molecule has 0 amide bonds. The molecule has 4 nitrogen and oxygen atoms in total. The van der Waals surface area contributed by atoms with Gasteiger partial charge in [-0.25, -0.2) is 0 Å². The summed E-state index contributed by atoms with van der Waals surface area (Å²) in [6, 6.07) is 9.60. The summed E-state index contributed by atoms with van der Waals surface area (Å²) >= 11 is 0. The molecule has 0 aliphatic carbocycles. The second-order valence-corrected chi connectivity index (χ2v) is 4.11. The first-order chi connectivity index (χ1) is 8.77. The van der Waals surface area contributed by atoms with E-state index in [-0.39, 0.29) is 0 Å². The molecule has 1 unspecified atom stereocenters. The average molecular weight is 246 g/mol. The number of aromatic nitrogens is 2. The number of hydrogen-bond acceptors (Lipinski definition) is 3. The molecule has 1 aromatic carbocycles. The van der Waals surface area contributed by atoms with Gasteiger partial charge in [0.25, 0.3) is 0 Å². The molecule has 1 aromatic heterocycles. The number of hydrogen-bond donors (Lipinski definition) is 1. The highest BCUT2D eigenvalue weighted by molar-refractivity contribution is 5.33. The van der Waals surface area contributed by atoms with E-state index in [1.807, 2.05) is 37.3 Å². The molecule has 0 saturated heterocycles. The van der Waals surface area contributed by atoms with Crippen LogP contribution in [-0.4, -0.2) is 22.0 Å². The molecule has 1 heterocycles. The van der Waals surface area contributed by atoms with Gasteiger partial charge in [-0.1, -0.05) is 24.3 Å². The van der Waals surface area contributed by atoms with E-state index in [9.17, 15) is 5.11 Å². The van der Waals surface area contributed by atoms with E-state index in [1.54, 1.807) is 18.0 Å². The van der Waals surface area contributed by atoms with Crippen LogP contribution in [0.15, 0.2) is 36.5 Å². The van der Waals surface area contributed by atoms with Crippen LogP contribution in [0.3, 0.4) is 0 Å². The number of aliphatic hydroxyl groups excluding tert-OH is 1. The first-order valence-corrected chi connectivity index (χ1v) is 6.04. The number of aliphatic hydroxyl groups is 1. The number of benzene rings is 1. The maximum Gasteiger partial charge on any atom is 0.121 e. The quantitative estimate of drug-likeness (QED) is 0.879. The number of ether oxygens (including phenoxy) is 1. The molecule has 1 atom stereocenters. The fourth-order valence-electron chi connectivity index (χ4n) is 2.09. The van der Waals surface area contributed by atoms with Gasteiger partial charge in [0.1, 0.15) is 6.10 Å². The average Bonchev–Trinajstić information content (AvgIpc) is 2.87. The predicted molar refractivity (Wildman–Crippen MR) is 69.1 cm³/mol. The second kappa shape index (κ2) is 5.80. The summed E-state index contributed by atoms with van der Waals surface area (Å²) in [7, 11) is 1.65. The molecule has 1 N–H and O–H groups in total. The van der Waals surface area contributed by atoms with Crippen LogP contribution in [0.2, 0.25) is 0 Å². The number of rotatable bonds is 5. The molecular weight excluding hydrogens is 228 g/mol. The summed E-state index contributed by atoms with van der Waals surface area (Å²) < 4.78 is 6.96. The van der Waals surface area contributed by atoms with Crippen molar-refractivity contribution in [3.8, 4) is 0 Å². The minimum absolute atomic E-state index is 0.494. The lowest BCUT2D eigenvalue weighted by molar-refractivity contribution is 0.174. The van der Waals surface area contributed by atoms with Crippen LogP contribution in [0.5, 0.6) is 0 Å². The molecular formula is C14H18N2O2. The zero-order chi connectivity index (χ0) is 13.0. The van der Waals surface area contributed by atoms with Crippen molar-refractivity contribution in [2.45, 2.75) is 26.2 Å². The third kappa shape index (κ3) is 2.44. The number of methoxy groups -OCH3 is 1. The van der Waals surface area contributed by atoms with E-state index < -0.39 is 6.10 Å². The summed E-state index contributed by atoms with van der Waals surface area (Å²) in [5.74, 6) is 0. The molecule has 96 valence electrons. The second-order valence-electron chi connectivity index (χ2n) is 4.11. The summed E-state index contributed by atoms with van der Waals surface area (Å²) in [4.78, 5) is 0. The third-order valence-electron chi connectivity index (χ3n) is 2.98. The van der Waals surface area contributed by atoms with Gasteiger partial charge in [0.05, 0.1) is 12.3 Å². The van der Waals surface area contributed by atoms with Crippen molar-refractivity contribution in [1.82, 2.24) is 9.78 Å². The largest absolute Gasteiger partial charge is 0.382 e. The standard InChI is InChI=1S/C14H18N2O2/c1-3-16-13(8-9-15-16)14(17)12-7-5-4-6-11(12)10-18-2/h4-9,14,17H,3,10H2,1-2H3. The highest BCUT2D eigenvalue weighted by Gasteiger charge is 2.17. The van der Waals surface area contributed by atoms with Crippen molar-refractivity contribution in [2.75, 3.05) is 7.11 Å². The van der Waals surface area contributed by atoms with Gasteiger partial charge in [0.15, 0.2) is 0 Å². The van der Waals surface area contributed by atoms with Gasteiger partial charge in [0.2, 0.25) is 0 Å². The monoisotopic (exact) mass is 246 g/mol. The molecule has 0 aliphatic rings. The fraction of sp³-hybridized carbons (Fsp3) is 0.357. The Morgan fingerprint density at radius 2 is 2.11 bits per heavy atom. The van der Waals surface area contributed by atoms with Gasteiger partial charge in [-0.05, 0) is 24.1 Å². The topological polar surface area (TPSA) is 47.3 Å². The maximum absolute atomic E-state index is 10.5. The smallest absolute Gasteiger partial charge is 0.121 e. The highest BCUT2D eigenvalue weighted by atomic mass is 16.5.